The lowest BCUT2D eigenvalue weighted by atomic mass is 10.0. The van der Waals surface area contributed by atoms with Crippen molar-refractivity contribution in [1.82, 2.24) is 4.57 Å². The van der Waals surface area contributed by atoms with Gasteiger partial charge >= 0.3 is 5.97 Å². The Morgan fingerprint density at radius 2 is 1.86 bits per heavy atom. The minimum Gasteiger partial charge on any atom is -0.456 e. The van der Waals surface area contributed by atoms with Gasteiger partial charge in [-0.3, -0.25) is 0 Å². The fraction of sp³-hybridized carbons (Fsp3) is 0.333. The van der Waals surface area contributed by atoms with Crippen molar-refractivity contribution in [2.75, 3.05) is 0 Å². The molecular formula is C24H25BrN2O2. The third kappa shape index (κ3) is 4.89. The molecule has 4 nitrogen and oxygen atoms in total. The van der Waals surface area contributed by atoms with Gasteiger partial charge < -0.3 is 9.30 Å². The highest BCUT2D eigenvalue weighted by atomic mass is 79.9. The smallest absolute Gasteiger partial charge is 0.338 e. The summed E-state index contributed by atoms with van der Waals surface area (Å²) in [6, 6.07) is 13.7. The zero-order valence-corrected chi connectivity index (χ0v) is 18.8. The van der Waals surface area contributed by atoms with E-state index in [2.05, 4.69) is 39.7 Å². The number of ether oxygens (including phenoxy) is 1. The third-order valence-electron chi connectivity index (χ3n) is 4.79. The Hall–Kier alpha value is -2.58. The highest BCUT2D eigenvalue weighted by Crippen LogP contribution is 2.26. The lowest BCUT2D eigenvalue weighted by molar-refractivity contribution is 0.00694. The lowest BCUT2D eigenvalue weighted by Crippen LogP contribution is -2.23. The Kier molecular flexibility index (Phi) is 6.14. The van der Waals surface area contributed by atoms with Crippen LogP contribution >= 0.6 is 15.9 Å². The molecule has 0 aliphatic carbocycles. The molecule has 1 aromatic heterocycles. The molecule has 3 rings (SSSR count). The highest BCUT2D eigenvalue weighted by Gasteiger charge is 2.18. The van der Waals surface area contributed by atoms with Gasteiger partial charge in [-0.2, -0.15) is 5.26 Å². The number of halogens is 1. The van der Waals surface area contributed by atoms with Gasteiger partial charge in [0.2, 0.25) is 0 Å². The molecule has 0 aliphatic heterocycles. The molecule has 0 N–H and O–H groups in total. The van der Waals surface area contributed by atoms with Crippen LogP contribution in [0.15, 0.2) is 47.1 Å². The van der Waals surface area contributed by atoms with Crippen molar-refractivity contribution >= 4 is 32.8 Å². The van der Waals surface area contributed by atoms with Crippen LogP contribution in [0.2, 0.25) is 0 Å². The molecule has 0 aliphatic rings. The summed E-state index contributed by atoms with van der Waals surface area (Å²) < 4.78 is 8.54. The molecule has 5 heteroatoms. The molecule has 0 atom stereocenters. The van der Waals surface area contributed by atoms with Crippen molar-refractivity contribution in [1.29, 1.82) is 5.26 Å². The summed E-state index contributed by atoms with van der Waals surface area (Å²) in [5.41, 5.74) is 4.21. The van der Waals surface area contributed by atoms with Crippen LogP contribution in [-0.2, 0) is 24.1 Å². The number of aromatic nitrogens is 1. The zero-order chi connectivity index (χ0) is 21.2. The van der Waals surface area contributed by atoms with Gasteiger partial charge in [0.05, 0.1) is 17.2 Å². The zero-order valence-electron chi connectivity index (χ0n) is 17.3. The molecule has 0 bridgehead atoms. The monoisotopic (exact) mass is 452 g/mol. The van der Waals surface area contributed by atoms with E-state index in [0.29, 0.717) is 11.1 Å². The van der Waals surface area contributed by atoms with Crippen LogP contribution in [0.3, 0.4) is 0 Å². The summed E-state index contributed by atoms with van der Waals surface area (Å²) >= 11 is 3.61. The van der Waals surface area contributed by atoms with Gasteiger partial charge in [-0.05, 0) is 75.9 Å². The van der Waals surface area contributed by atoms with E-state index < -0.39 is 5.60 Å². The maximum absolute atomic E-state index is 12.3. The number of fused-ring (bicyclic) bond motifs is 1. The Morgan fingerprint density at radius 3 is 2.48 bits per heavy atom. The van der Waals surface area contributed by atoms with Gasteiger partial charge in [-0.15, -0.1) is 0 Å². The van der Waals surface area contributed by atoms with Gasteiger partial charge in [0.1, 0.15) is 5.60 Å². The number of aryl methyl sites for hydroxylation is 3. The Morgan fingerprint density at radius 1 is 1.14 bits per heavy atom. The fourth-order valence-electron chi connectivity index (χ4n) is 3.38. The topological polar surface area (TPSA) is 55.0 Å². The maximum Gasteiger partial charge on any atom is 0.338 e. The van der Waals surface area contributed by atoms with Crippen molar-refractivity contribution in [3.63, 3.8) is 0 Å². The van der Waals surface area contributed by atoms with Crippen LogP contribution in [0.1, 0.15) is 54.7 Å². The molecule has 150 valence electrons. The summed E-state index contributed by atoms with van der Waals surface area (Å²) in [5, 5.41) is 10.4. The number of nitrogens with zero attached hydrogens (tertiary/aromatic N) is 2. The summed E-state index contributed by atoms with van der Waals surface area (Å²) in [4.78, 5) is 12.3. The number of nitriles is 1. The van der Waals surface area contributed by atoms with Gasteiger partial charge in [0.15, 0.2) is 0 Å². The summed E-state index contributed by atoms with van der Waals surface area (Å²) in [5.74, 6) is -0.316. The summed E-state index contributed by atoms with van der Waals surface area (Å²) in [6.45, 7) is 8.55. The Bertz CT molecular complexity index is 1100. The van der Waals surface area contributed by atoms with Gasteiger partial charge in [0.25, 0.3) is 0 Å². The SMILES string of the molecule is CCn1cc(CCc2ccc(C(=O)OC(C)(C)C)cc2Br)c2ccc(C#N)cc21. The first kappa shape index (κ1) is 21.1. The highest BCUT2D eigenvalue weighted by molar-refractivity contribution is 9.10. The average molecular weight is 453 g/mol. The predicted molar refractivity (Wildman–Crippen MR) is 119 cm³/mol. The molecule has 29 heavy (non-hydrogen) atoms. The second-order valence-electron chi connectivity index (χ2n) is 8.09. The van der Waals surface area contributed by atoms with E-state index in [4.69, 9.17) is 4.74 Å². The molecule has 0 spiro atoms. The maximum atomic E-state index is 12.3. The number of rotatable bonds is 5. The first-order chi connectivity index (χ1) is 13.7. The first-order valence-electron chi connectivity index (χ1n) is 9.75. The van der Waals surface area contributed by atoms with E-state index >= 15 is 0 Å². The third-order valence-corrected chi connectivity index (χ3v) is 5.52. The average Bonchev–Trinajstić information content (AvgIpc) is 3.02. The van der Waals surface area contributed by atoms with Crippen LogP contribution in [0, 0.1) is 11.3 Å². The quantitative estimate of drug-likeness (QED) is 0.443. The largest absolute Gasteiger partial charge is 0.456 e. The number of benzene rings is 2. The summed E-state index contributed by atoms with van der Waals surface area (Å²) in [6.07, 6.45) is 3.90. The molecule has 0 unspecified atom stereocenters. The van der Waals surface area contributed by atoms with Crippen LogP contribution in [0.5, 0.6) is 0 Å². The molecule has 1 heterocycles. The molecule has 0 saturated heterocycles. The summed E-state index contributed by atoms with van der Waals surface area (Å²) in [7, 11) is 0. The Labute approximate surface area is 180 Å². The second-order valence-corrected chi connectivity index (χ2v) is 8.95. The number of hydrogen-bond acceptors (Lipinski definition) is 3. The minimum absolute atomic E-state index is 0.316. The molecule has 3 aromatic rings. The van der Waals surface area contributed by atoms with E-state index in [9.17, 15) is 10.1 Å². The van der Waals surface area contributed by atoms with Crippen LogP contribution < -0.4 is 0 Å². The van der Waals surface area contributed by atoms with Gasteiger partial charge in [-0.25, -0.2) is 4.79 Å². The molecule has 2 aromatic carbocycles. The van der Waals surface area contributed by atoms with Crippen LogP contribution in [0.25, 0.3) is 10.9 Å². The van der Waals surface area contributed by atoms with E-state index in [1.165, 1.54) is 10.9 Å². The molecule has 0 fully saturated rings. The normalized spacial score (nSPS) is 11.4. The van der Waals surface area contributed by atoms with Gasteiger partial charge in [0, 0.05) is 28.1 Å². The van der Waals surface area contributed by atoms with E-state index in [0.717, 1.165) is 34.9 Å². The molecule has 0 saturated carbocycles. The molecular weight excluding hydrogens is 428 g/mol. The number of esters is 1. The van der Waals surface area contributed by atoms with Crippen molar-refractivity contribution < 1.29 is 9.53 Å². The predicted octanol–water partition coefficient (Wildman–Crippen LogP) is 6.04. The second kappa shape index (κ2) is 8.42. The van der Waals surface area contributed by atoms with Crippen LogP contribution in [0.4, 0.5) is 0 Å². The number of carbonyl (C=O) groups is 1. The van der Waals surface area contributed by atoms with Gasteiger partial charge in [-0.1, -0.05) is 28.1 Å². The first-order valence-corrected chi connectivity index (χ1v) is 10.5. The molecule has 0 amide bonds. The number of carbonyl (C=O) groups excluding carboxylic acids is 1. The fourth-order valence-corrected chi connectivity index (χ4v) is 3.96. The standard InChI is InChI=1S/C24H25BrN2O2/c1-5-27-15-19(20-11-6-16(14-26)12-22(20)27)10-8-17-7-9-18(13-21(17)25)23(28)29-24(2,3)4/h6-7,9,11-13,15H,5,8,10H2,1-4H3. The van der Waals surface area contributed by atoms with E-state index in [-0.39, 0.29) is 5.97 Å². The van der Waals surface area contributed by atoms with Crippen molar-refractivity contribution in [3.05, 3.63) is 69.3 Å². The minimum atomic E-state index is -0.513. The van der Waals surface area contributed by atoms with Crippen molar-refractivity contribution in [2.24, 2.45) is 0 Å². The lowest BCUT2D eigenvalue weighted by Gasteiger charge is -2.19. The van der Waals surface area contributed by atoms with Crippen molar-refractivity contribution in [3.8, 4) is 6.07 Å². The van der Waals surface area contributed by atoms with E-state index in [1.54, 1.807) is 0 Å². The number of hydrogen-bond donors (Lipinski definition) is 0. The molecule has 0 radical (unpaired) electrons. The van der Waals surface area contributed by atoms with Crippen LogP contribution in [-0.4, -0.2) is 16.1 Å². The van der Waals surface area contributed by atoms with E-state index in [1.807, 2.05) is 57.2 Å². The Balaban J connectivity index is 1.80. The van der Waals surface area contributed by atoms with Crippen molar-refractivity contribution in [2.45, 2.75) is 52.7 Å².